The summed E-state index contributed by atoms with van der Waals surface area (Å²) in [6.07, 6.45) is -5.09. The van der Waals surface area contributed by atoms with Crippen molar-refractivity contribution in [3.05, 3.63) is 28.2 Å². The summed E-state index contributed by atoms with van der Waals surface area (Å²) >= 11 is 3.23. The van der Waals surface area contributed by atoms with Crippen molar-refractivity contribution in [2.45, 2.75) is 25.1 Å². The number of piperazine rings is 1. The lowest BCUT2D eigenvalue weighted by Crippen LogP contribution is -2.45. The lowest BCUT2D eigenvalue weighted by atomic mass is 9.98. The third-order valence-electron chi connectivity index (χ3n) is 3.67. The third-order valence-corrected chi connectivity index (χ3v) is 4.31. The highest BCUT2D eigenvalue weighted by atomic mass is 79.9. The summed E-state index contributed by atoms with van der Waals surface area (Å²) in [6.45, 7) is 2.84. The Labute approximate surface area is 154 Å². The molecule has 134 valence electrons. The summed E-state index contributed by atoms with van der Waals surface area (Å²) in [5.41, 5.74) is 0.551. The topological polar surface area (TPSA) is 35.5 Å². The first-order valence-electron chi connectivity index (χ1n) is 6.87. The van der Waals surface area contributed by atoms with Crippen molar-refractivity contribution in [2.24, 2.45) is 0 Å². The van der Waals surface area contributed by atoms with Gasteiger partial charge in [-0.3, -0.25) is 4.90 Å². The largest absolute Gasteiger partial charge is 0.506 e. The van der Waals surface area contributed by atoms with E-state index >= 15 is 0 Å². The van der Waals surface area contributed by atoms with Crippen molar-refractivity contribution < 1.29 is 18.3 Å². The van der Waals surface area contributed by atoms with Crippen LogP contribution in [-0.4, -0.2) is 42.4 Å². The molecule has 1 aliphatic heterocycles. The average molecular weight is 440 g/mol. The Morgan fingerprint density at radius 1 is 1.22 bits per heavy atom. The minimum Gasteiger partial charge on any atom is -0.506 e. The zero-order chi connectivity index (χ0) is 15.5. The fraction of sp³-hybridized carbons (Fsp3) is 0.571. The maximum absolute atomic E-state index is 12.6. The van der Waals surface area contributed by atoms with Crippen molar-refractivity contribution in [2.75, 3.05) is 26.2 Å². The molecule has 1 fully saturated rings. The highest BCUT2D eigenvalue weighted by Crippen LogP contribution is 2.38. The number of hydrogen-bond donors (Lipinski definition) is 2. The van der Waals surface area contributed by atoms with Crippen LogP contribution in [0, 0.1) is 0 Å². The molecular formula is C14H20BrCl2F3N2O. The summed E-state index contributed by atoms with van der Waals surface area (Å²) < 4.78 is 38.2. The minimum atomic E-state index is -4.19. The SMILES string of the molecule is Cl.Cl.Oc1c(Br)cccc1[C@H](CCC(F)(F)F)N1CCNCC1. The first-order valence-corrected chi connectivity index (χ1v) is 7.66. The molecule has 2 N–H and O–H groups in total. The van der Waals surface area contributed by atoms with Crippen LogP contribution in [0.4, 0.5) is 13.2 Å². The number of halogens is 6. The molecule has 0 spiro atoms. The fourth-order valence-electron chi connectivity index (χ4n) is 2.63. The number of para-hydroxylation sites is 1. The van der Waals surface area contributed by atoms with Crippen LogP contribution in [0.1, 0.15) is 24.4 Å². The number of rotatable bonds is 4. The number of phenols is 1. The van der Waals surface area contributed by atoms with E-state index in [9.17, 15) is 18.3 Å². The standard InChI is InChI=1S/C14H18BrF3N2O.2ClH/c15-11-3-1-2-10(13(11)21)12(4-5-14(16,17)18)20-8-6-19-7-9-20;;/h1-3,12,19,21H,4-9H2;2*1H/t12-;;/m0../s1. The van der Waals surface area contributed by atoms with Gasteiger partial charge in [-0.15, -0.1) is 24.8 Å². The number of alkyl halides is 3. The van der Waals surface area contributed by atoms with Crippen LogP contribution in [-0.2, 0) is 0 Å². The molecule has 2 rings (SSSR count). The number of nitrogens with zero attached hydrogens (tertiary/aromatic N) is 1. The van der Waals surface area contributed by atoms with Gasteiger partial charge >= 0.3 is 6.18 Å². The summed E-state index contributed by atoms with van der Waals surface area (Å²) in [6, 6.07) is 4.69. The van der Waals surface area contributed by atoms with Gasteiger partial charge in [-0.25, -0.2) is 0 Å². The van der Waals surface area contributed by atoms with Crippen molar-refractivity contribution in [1.82, 2.24) is 10.2 Å². The van der Waals surface area contributed by atoms with Crippen LogP contribution in [0.3, 0.4) is 0 Å². The van der Waals surface area contributed by atoms with Gasteiger partial charge in [0.1, 0.15) is 5.75 Å². The predicted molar refractivity (Wildman–Crippen MR) is 92.8 cm³/mol. The summed E-state index contributed by atoms with van der Waals surface area (Å²) in [5.74, 6) is 0.0307. The van der Waals surface area contributed by atoms with Crippen LogP contribution in [0.25, 0.3) is 0 Å². The monoisotopic (exact) mass is 438 g/mol. The molecule has 0 aliphatic carbocycles. The van der Waals surface area contributed by atoms with Gasteiger partial charge in [-0.05, 0) is 28.4 Å². The third kappa shape index (κ3) is 6.66. The Kier molecular flexibility index (Phi) is 9.84. The highest BCUT2D eigenvalue weighted by molar-refractivity contribution is 9.10. The first-order chi connectivity index (χ1) is 9.88. The molecule has 1 aromatic carbocycles. The van der Waals surface area contributed by atoms with E-state index in [1.807, 2.05) is 4.90 Å². The van der Waals surface area contributed by atoms with E-state index in [4.69, 9.17) is 0 Å². The normalized spacial score (nSPS) is 17.0. The second kappa shape index (κ2) is 9.93. The maximum Gasteiger partial charge on any atom is 0.389 e. The zero-order valence-electron chi connectivity index (χ0n) is 12.3. The molecule has 1 aliphatic rings. The molecule has 1 atom stereocenters. The number of hydrogen-bond acceptors (Lipinski definition) is 3. The van der Waals surface area contributed by atoms with Crippen LogP contribution in [0.5, 0.6) is 5.75 Å². The molecule has 0 unspecified atom stereocenters. The van der Waals surface area contributed by atoms with E-state index in [-0.39, 0.29) is 37.0 Å². The lowest BCUT2D eigenvalue weighted by Gasteiger charge is -2.35. The molecule has 1 aromatic rings. The molecule has 23 heavy (non-hydrogen) atoms. The molecule has 0 amide bonds. The molecule has 1 heterocycles. The predicted octanol–water partition coefficient (Wildman–Crippen LogP) is 4.29. The zero-order valence-corrected chi connectivity index (χ0v) is 15.5. The average Bonchev–Trinajstić information content (AvgIpc) is 2.43. The molecule has 9 heteroatoms. The van der Waals surface area contributed by atoms with Crippen LogP contribution in [0.2, 0.25) is 0 Å². The molecule has 0 aromatic heterocycles. The molecule has 3 nitrogen and oxygen atoms in total. The lowest BCUT2D eigenvalue weighted by molar-refractivity contribution is -0.138. The number of aromatic hydroxyl groups is 1. The van der Waals surface area contributed by atoms with Gasteiger partial charge in [-0.1, -0.05) is 12.1 Å². The van der Waals surface area contributed by atoms with Crippen LogP contribution in [0.15, 0.2) is 22.7 Å². The van der Waals surface area contributed by atoms with E-state index in [1.165, 1.54) is 0 Å². The molecule has 0 bridgehead atoms. The number of nitrogens with one attached hydrogen (secondary N) is 1. The molecule has 0 saturated carbocycles. The van der Waals surface area contributed by atoms with E-state index in [0.29, 0.717) is 23.1 Å². The van der Waals surface area contributed by atoms with Crippen molar-refractivity contribution in [3.63, 3.8) is 0 Å². The Balaban J connectivity index is 0.00000242. The smallest absolute Gasteiger partial charge is 0.389 e. The van der Waals surface area contributed by atoms with Crippen molar-refractivity contribution in [3.8, 4) is 5.75 Å². The second-order valence-electron chi connectivity index (χ2n) is 5.13. The van der Waals surface area contributed by atoms with Gasteiger partial charge in [0.2, 0.25) is 0 Å². The van der Waals surface area contributed by atoms with Gasteiger partial charge in [0.15, 0.2) is 0 Å². The van der Waals surface area contributed by atoms with E-state index in [2.05, 4.69) is 21.2 Å². The van der Waals surface area contributed by atoms with Gasteiger partial charge in [0.25, 0.3) is 0 Å². The minimum absolute atomic E-state index is 0. The van der Waals surface area contributed by atoms with Gasteiger partial charge in [0.05, 0.1) is 4.47 Å². The second-order valence-corrected chi connectivity index (χ2v) is 5.99. The van der Waals surface area contributed by atoms with Crippen LogP contribution < -0.4 is 5.32 Å². The van der Waals surface area contributed by atoms with Crippen molar-refractivity contribution >= 4 is 40.7 Å². The molecule has 0 radical (unpaired) electrons. The van der Waals surface area contributed by atoms with Crippen molar-refractivity contribution in [1.29, 1.82) is 0 Å². The Morgan fingerprint density at radius 3 is 2.39 bits per heavy atom. The first kappa shape index (κ1) is 22.8. The van der Waals surface area contributed by atoms with E-state index in [1.54, 1.807) is 18.2 Å². The van der Waals surface area contributed by atoms with E-state index in [0.717, 1.165) is 13.1 Å². The molecule has 1 saturated heterocycles. The summed E-state index contributed by atoms with van der Waals surface area (Å²) in [4.78, 5) is 2.00. The molecular weight excluding hydrogens is 420 g/mol. The van der Waals surface area contributed by atoms with Gasteiger partial charge in [-0.2, -0.15) is 13.2 Å². The summed E-state index contributed by atoms with van der Waals surface area (Å²) in [5, 5.41) is 13.3. The van der Waals surface area contributed by atoms with Gasteiger partial charge < -0.3 is 10.4 Å². The van der Waals surface area contributed by atoms with E-state index < -0.39 is 18.6 Å². The number of benzene rings is 1. The Bertz CT molecular complexity index is 486. The Hall–Kier alpha value is -0.210. The summed E-state index contributed by atoms with van der Waals surface area (Å²) in [7, 11) is 0. The Morgan fingerprint density at radius 2 is 1.83 bits per heavy atom. The number of phenolic OH excluding ortho intramolecular Hbond substituents is 1. The van der Waals surface area contributed by atoms with Crippen LogP contribution >= 0.6 is 40.7 Å². The van der Waals surface area contributed by atoms with Gasteiger partial charge in [0, 0.05) is 44.2 Å². The fourth-order valence-corrected chi connectivity index (χ4v) is 3.01. The maximum atomic E-state index is 12.6. The quantitative estimate of drug-likeness (QED) is 0.734. The highest BCUT2D eigenvalue weighted by Gasteiger charge is 2.32.